The molecule has 78 valence electrons. The van der Waals surface area contributed by atoms with Gasteiger partial charge in [-0.2, -0.15) is 0 Å². The van der Waals surface area contributed by atoms with E-state index in [0.29, 0.717) is 6.04 Å². The molecule has 1 fully saturated rings. The van der Waals surface area contributed by atoms with Gasteiger partial charge in [-0.15, -0.1) is 11.3 Å². The highest BCUT2D eigenvalue weighted by Gasteiger charge is 2.34. The van der Waals surface area contributed by atoms with Gasteiger partial charge in [0.2, 0.25) is 0 Å². The van der Waals surface area contributed by atoms with Crippen LogP contribution in [0.1, 0.15) is 12.0 Å². The van der Waals surface area contributed by atoms with Gasteiger partial charge in [0.15, 0.2) is 0 Å². The van der Waals surface area contributed by atoms with Gasteiger partial charge >= 0.3 is 0 Å². The molecule has 5 heteroatoms. The van der Waals surface area contributed by atoms with Crippen molar-refractivity contribution < 1.29 is 0 Å². The second kappa shape index (κ2) is 3.15. The maximum atomic E-state index is 5.76. The molecule has 4 nitrogen and oxygen atoms in total. The minimum Gasteiger partial charge on any atom is -0.364 e. The summed E-state index contributed by atoms with van der Waals surface area (Å²) in [6, 6.07) is 0.682. The van der Waals surface area contributed by atoms with E-state index in [4.69, 9.17) is 5.73 Å². The Morgan fingerprint density at radius 2 is 2.33 bits per heavy atom. The Kier molecular flexibility index (Phi) is 1.90. The fourth-order valence-corrected chi connectivity index (χ4v) is 2.58. The first kappa shape index (κ1) is 9.06. The van der Waals surface area contributed by atoms with Gasteiger partial charge in [-0.3, -0.25) is 0 Å². The average molecular weight is 220 g/mol. The summed E-state index contributed by atoms with van der Waals surface area (Å²) < 4.78 is 1.13. The number of aromatic nitrogens is 2. The van der Waals surface area contributed by atoms with Gasteiger partial charge < -0.3 is 11.1 Å². The summed E-state index contributed by atoms with van der Waals surface area (Å²) in [7, 11) is 0. The van der Waals surface area contributed by atoms with Gasteiger partial charge in [0.1, 0.15) is 12.1 Å². The van der Waals surface area contributed by atoms with Crippen molar-refractivity contribution in [2.75, 3.05) is 5.32 Å². The normalized spacial score (nSPS) is 24.4. The van der Waals surface area contributed by atoms with Crippen molar-refractivity contribution in [3.63, 3.8) is 0 Å². The Bertz CT molecular complexity index is 507. The summed E-state index contributed by atoms with van der Waals surface area (Å²) >= 11 is 1.68. The molecule has 3 rings (SSSR count). The third-order valence-electron chi connectivity index (χ3n) is 2.69. The van der Waals surface area contributed by atoms with Crippen molar-refractivity contribution in [3.8, 4) is 0 Å². The van der Waals surface area contributed by atoms with E-state index >= 15 is 0 Å². The molecule has 1 aliphatic rings. The fourth-order valence-electron chi connectivity index (χ4n) is 1.63. The third-order valence-corrected chi connectivity index (χ3v) is 3.79. The molecular weight excluding hydrogens is 208 g/mol. The Morgan fingerprint density at radius 3 is 3.07 bits per heavy atom. The molecule has 0 spiro atoms. The van der Waals surface area contributed by atoms with Crippen molar-refractivity contribution in [1.82, 2.24) is 9.97 Å². The molecule has 3 N–H and O–H groups in total. The van der Waals surface area contributed by atoms with Crippen molar-refractivity contribution in [2.24, 2.45) is 5.73 Å². The molecule has 2 aromatic rings. The number of nitrogens with two attached hydrogens (primary N) is 1. The first-order valence-electron chi connectivity index (χ1n) is 4.96. The molecule has 1 aliphatic carbocycles. The minimum absolute atomic E-state index is 0.288. The molecule has 0 saturated heterocycles. The van der Waals surface area contributed by atoms with Crippen LogP contribution in [0, 0.1) is 6.92 Å². The van der Waals surface area contributed by atoms with Crippen LogP contribution in [0.25, 0.3) is 10.2 Å². The third kappa shape index (κ3) is 1.48. The molecular formula is C10H12N4S. The van der Waals surface area contributed by atoms with Crippen LogP contribution in [-0.2, 0) is 0 Å². The summed E-state index contributed by atoms with van der Waals surface area (Å²) in [5.41, 5.74) is 8.02. The standard InChI is InChI=1S/C10H12N4S/c1-5-3-15-9-8(5)12-4-13-10(9)14-7-2-6(7)11/h3-4,6-7H,2,11H2,1H3,(H,12,13,14). The van der Waals surface area contributed by atoms with E-state index in [1.165, 1.54) is 5.56 Å². The Hall–Kier alpha value is -1.20. The van der Waals surface area contributed by atoms with Crippen molar-refractivity contribution in [3.05, 3.63) is 17.3 Å². The molecule has 0 bridgehead atoms. The maximum absolute atomic E-state index is 5.76. The van der Waals surface area contributed by atoms with Crippen molar-refractivity contribution in [1.29, 1.82) is 0 Å². The number of nitrogens with zero attached hydrogens (tertiary/aromatic N) is 2. The topological polar surface area (TPSA) is 63.8 Å². The molecule has 0 amide bonds. The Labute approximate surface area is 91.5 Å². The molecule has 0 aromatic carbocycles. The largest absolute Gasteiger partial charge is 0.364 e. The zero-order valence-corrected chi connectivity index (χ0v) is 9.21. The highest BCUT2D eigenvalue weighted by molar-refractivity contribution is 7.18. The minimum atomic E-state index is 0.288. The predicted molar refractivity (Wildman–Crippen MR) is 62.2 cm³/mol. The fraction of sp³-hybridized carbons (Fsp3) is 0.400. The highest BCUT2D eigenvalue weighted by atomic mass is 32.1. The molecule has 1 saturated carbocycles. The number of fused-ring (bicyclic) bond motifs is 1. The van der Waals surface area contributed by atoms with Crippen molar-refractivity contribution >= 4 is 27.4 Å². The van der Waals surface area contributed by atoms with Crippen LogP contribution in [-0.4, -0.2) is 22.1 Å². The molecule has 2 atom stereocenters. The smallest absolute Gasteiger partial charge is 0.147 e. The van der Waals surface area contributed by atoms with Crippen LogP contribution in [0.5, 0.6) is 0 Å². The highest BCUT2D eigenvalue weighted by Crippen LogP contribution is 2.31. The number of hydrogen-bond donors (Lipinski definition) is 2. The summed E-state index contributed by atoms with van der Waals surface area (Å²) in [5.74, 6) is 0.927. The van der Waals surface area contributed by atoms with Gasteiger partial charge in [0.05, 0.1) is 10.2 Å². The van der Waals surface area contributed by atoms with Crippen LogP contribution < -0.4 is 11.1 Å². The molecule has 0 aliphatic heterocycles. The zero-order valence-electron chi connectivity index (χ0n) is 8.40. The summed E-state index contributed by atoms with van der Waals surface area (Å²) in [4.78, 5) is 8.54. The summed E-state index contributed by atoms with van der Waals surface area (Å²) in [5, 5.41) is 5.46. The van der Waals surface area contributed by atoms with Gasteiger partial charge in [0, 0.05) is 12.1 Å². The first-order chi connectivity index (χ1) is 7.25. The number of thiophene rings is 1. The monoisotopic (exact) mass is 220 g/mol. The average Bonchev–Trinajstić information content (AvgIpc) is 2.77. The van der Waals surface area contributed by atoms with Crippen LogP contribution in [0.2, 0.25) is 0 Å². The molecule has 15 heavy (non-hydrogen) atoms. The number of aryl methyl sites for hydroxylation is 1. The van der Waals surface area contributed by atoms with Gasteiger partial charge in [-0.25, -0.2) is 9.97 Å². The van der Waals surface area contributed by atoms with E-state index in [1.807, 2.05) is 0 Å². The van der Waals surface area contributed by atoms with E-state index in [9.17, 15) is 0 Å². The summed E-state index contributed by atoms with van der Waals surface area (Å²) in [6.45, 7) is 2.07. The Balaban J connectivity index is 2.02. The molecule has 2 aromatic heterocycles. The van der Waals surface area contributed by atoms with E-state index in [1.54, 1.807) is 17.7 Å². The quantitative estimate of drug-likeness (QED) is 0.805. The van der Waals surface area contributed by atoms with Gasteiger partial charge in [-0.05, 0) is 24.3 Å². The van der Waals surface area contributed by atoms with Crippen molar-refractivity contribution in [2.45, 2.75) is 25.4 Å². The number of rotatable bonds is 2. The second-order valence-electron chi connectivity index (χ2n) is 3.97. The van der Waals surface area contributed by atoms with E-state index in [0.717, 1.165) is 22.5 Å². The van der Waals surface area contributed by atoms with E-state index < -0.39 is 0 Å². The van der Waals surface area contributed by atoms with E-state index in [-0.39, 0.29) is 6.04 Å². The molecule has 0 radical (unpaired) electrons. The lowest BCUT2D eigenvalue weighted by atomic mass is 10.3. The second-order valence-corrected chi connectivity index (χ2v) is 4.85. The number of nitrogens with one attached hydrogen (secondary N) is 1. The zero-order chi connectivity index (χ0) is 10.4. The van der Waals surface area contributed by atoms with Gasteiger partial charge in [0.25, 0.3) is 0 Å². The Morgan fingerprint density at radius 1 is 1.53 bits per heavy atom. The SMILES string of the molecule is Cc1csc2c(NC3CC3N)ncnc12. The first-order valence-corrected chi connectivity index (χ1v) is 5.84. The molecule has 2 heterocycles. The summed E-state index contributed by atoms with van der Waals surface area (Å²) in [6.07, 6.45) is 2.65. The van der Waals surface area contributed by atoms with Gasteiger partial charge in [-0.1, -0.05) is 0 Å². The lowest BCUT2D eigenvalue weighted by Gasteiger charge is -2.04. The molecule has 2 unspecified atom stereocenters. The van der Waals surface area contributed by atoms with E-state index in [2.05, 4.69) is 27.6 Å². The number of hydrogen-bond acceptors (Lipinski definition) is 5. The lowest BCUT2D eigenvalue weighted by molar-refractivity contribution is 0.997. The van der Waals surface area contributed by atoms with Crippen LogP contribution >= 0.6 is 11.3 Å². The lowest BCUT2D eigenvalue weighted by Crippen LogP contribution is -2.14. The van der Waals surface area contributed by atoms with Crippen LogP contribution in [0.15, 0.2) is 11.7 Å². The van der Waals surface area contributed by atoms with Crippen LogP contribution in [0.3, 0.4) is 0 Å². The maximum Gasteiger partial charge on any atom is 0.147 e. The number of anilines is 1. The predicted octanol–water partition coefficient (Wildman–Crippen LogP) is 1.51. The van der Waals surface area contributed by atoms with Crippen LogP contribution in [0.4, 0.5) is 5.82 Å².